The lowest BCUT2D eigenvalue weighted by atomic mass is 10.0. The first-order chi connectivity index (χ1) is 9.08. The van der Waals surface area contributed by atoms with Crippen molar-refractivity contribution < 1.29 is 9.53 Å². The van der Waals surface area contributed by atoms with Crippen molar-refractivity contribution in [2.75, 3.05) is 7.11 Å². The molecule has 0 amide bonds. The van der Waals surface area contributed by atoms with Gasteiger partial charge in [-0.3, -0.25) is 4.79 Å². The number of hydrogen-bond acceptors (Lipinski definition) is 3. The van der Waals surface area contributed by atoms with Gasteiger partial charge in [0, 0.05) is 10.4 Å². The Morgan fingerprint density at radius 1 is 1.37 bits per heavy atom. The second-order valence-corrected chi connectivity index (χ2v) is 4.68. The molecule has 19 heavy (non-hydrogen) atoms. The first kappa shape index (κ1) is 13.6. The van der Waals surface area contributed by atoms with Crippen molar-refractivity contribution in [3.8, 4) is 0 Å². The smallest absolute Gasteiger partial charge is 0.354 e. The van der Waals surface area contributed by atoms with Crippen LogP contribution in [0.15, 0.2) is 23.0 Å². The maximum atomic E-state index is 12.0. The van der Waals surface area contributed by atoms with Gasteiger partial charge in [-0.25, -0.2) is 4.79 Å². The van der Waals surface area contributed by atoms with E-state index in [1.54, 1.807) is 18.2 Å². The van der Waals surface area contributed by atoms with E-state index >= 15 is 0 Å². The van der Waals surface area contributed by atoms with Gasteiger partial charge >= 0.3 is 5.97 Å². The number of fused-ring (bicyclic) bond motifs is 1. The van der Waals surface area contributed by atoms with Crippen molar-refractivity contribution in [1.29, 1.82) is 0 Å². The largest absolute Gasteiger partial charge is 0.464 e. The zero-order valence-corrected chi connectivity index (χ0v) is 11.5. The molecule has 0 spiro atoms. The highest BCUT2D eigenvalue weighted by molar-refractivity contribution is 6.31. The van der Waals surface area contributed by atoms with Crippen LogP contribution in [0.4, 0.5) is 0 Å². The highest BCUT2D eigenvalue weighted by Crippen LogP contribution is 2.23. The summed E-state index contributed by atoms with van der Waals surface area (Å²) in [5.74, 6) is -0.539. The number of ether oxygens (including phenoxy) is 1. The van der Waals surface area contributed by atoms with E-state index < -0.39 is 5.97 Å². The fourth-order valence-corrected chi connectivity index (χ4v) is 2.31. The molecule has 100 valence electrons. The lowest BCUT2D eigenvalue weighted by Gasteiger charge is -2.10. The Balaban J connectivity index is 2.86. The summed E-state index contributed by atoms with van der Waals surface area (Å²) in [6.45, 7) is 2.00. The molecule has 0 bridgehead atoms. The number of benzene rings is 1. The topological polar surface area (TPSA) is 59.2 Å². The van der Waals surface area contributed by atoms with E-state index in [1.807, 2.05) is 6.92 Å². The van der Waals surface area contributed by atoms with Crippen LogP contribution >= 0.6 is 11.6 Å². The number of aryl methyl sites for hydroxylation is 1. The number of rotatable bonds is 3. The number of carbonyl (C=O) groups excluding carboxylic acids is 1. The van der Waals surface area contributed by atoms with Crippen LogP contribution in [0.25, 0.3) is 10.8 Å². The molecule has 0 radical (unpaired) electrons. The minimum absolute atomic E-state index is 0.212. The molecule has 5 heteroatoms. The molecule has 0 saturated heterocycles. The molecule has 1 aromatic carbocycles. The first-order valence-electron chi connectivity index (χ1n) is 6.01. The Bertz CT molecular complexity index is 691. The van der Waals surface area contributed by atoms with E-state index in [0.29, 0.717) is 22.2 Å². The lowest BCUT2D eigenvalue weighted by molar-refractivity contribution is 0.0592. The Morgan fingerprint density at radius 3 is 2.74 bits per heavy atom. The quantitative estimate of drug-likeness (QED) is 0.879. The summed E-state index contributed by atoms with van der Waals surface area (Å²) in [7, 11) is 1.29. The highest BCUT2D eigenvalue weighted by atomic mass is 35.5. The number of esters is 1. The Hall–Kier alpha value is -1.81. The van der Waals surface area contributed by atoms with Crippen LogP contribution < -0.4 is 5.56 Å². The molecule has 0 saturated carbocycles. The van der Waals surface area contributed by atoms with E-state index in [4.69, 9.17) is 16.3 Å². The SMILES string of the molecule is CCCc1c(C(=O)OC)[nH]c(=O)c2ccc(Cl)cc12. The van der Waals surface area contributed by atoms with Crippen LogP contribution in [0.5, 0.6) is 0 Å². The van der Waals surface area contributed by atoms with Gasteiger partial charge in [-0.15, -0.1) is 0 Å². The molecule has 1 N–H and O–H groups in total. The number of aromatic nitrogens is 1. The molecule has 0 aliphatic heterocycles. The van der Waals surface area contributed by atoms with Crippen LogP contribution in [0, 0.1) is 0 Å². The third-order valence-electron chi connectivity index (χ3n) is 2.98. The zero-order chi connectivity index (χ0) is 14.0. The predicted molar refractivity (Wildman–Crippen MR) is 74.9 cm³/mol. The number of H-pyrrole nitrogens is 1. The number of carbonyl (C=O) groups is 1. The van der Waals surface area contributed by atoms with Crippen LogP contribution in [0.1, 0.15) is 29.4 Å². The first-order valence-corrected chi connectivity index (χ1v) is 6.39. The van der Waals surface area contributed by atoms with Gasteiger partial charge in [-0.05, 0) is 35.6 Å². The van der Waals surface area contributed by atoms with E-state index in [-0.39, 0.29) is 11.3 Å². The molecule has 0 aliphatic carbocycles. The summed E-state index contributed by atoms with van der Waals surface area (Å²) >= 11 is 5.98. The molecule has 2 aromatic rings. The zero-order valence-electron chi connectivity index (χ0n) is 10.7. The molecule has 0 fully saturated rings. The average Bonchev–Trinajstić information content (AvgIpc) is 2.40. The van der Waals surface area contributed by atoms with Crippen molar-refractivity contribution in [3.63, 3.8) is 0 Å². The van der Waals surface area contributed by atoms with E-state index in [0.717, 1.165) is 12.0 Å². The van der Waals surface area contributed by atoms with Crippen molar-refractivity contribution in [3.05, 3.63) is 44.8 Å². The van der Waals surface area contributed by atoms with Crippen molar-refractivity contribution >= 4 is 28.3 Å². The molecule has 0 aliphatic rings. The summed E-state index contributed by atoms with van der Waals surface area (Å²) < 4.78 is 4.72. The summed E-state index contributed by atoms with van der Waals surface area (Å²) in [6.07, 6.45) is 1.51. The van der Waals surface area contributed by atoms with Gasteiger partial charge in [-0.2, -0.15) is 0 Å². The van der Waals surface area contributed by atoms with Gasteiger partial charge in [0.05, 0.1) is 7.11 Å². The van der Waals surface area contributed by atoms with Crippen molar-refractivity contribution in [1.82, 2.24) is 4.98 Å². The summed E-state index contributed by atoms with van der Waals surface area (Å²) in [5.41, 5.74) is 0.669. The second-order valence-electron chi connectivity index (χ2n) is 4.24. The molecule has 1 aromatic heterocycles. The molecule has 2 rings (SSSR count). The molecule has 4 nitrogen and oxygen atoms in total. The molecule has 0 unspecified atom stereocenters. The molecular weight excluding hydrogens is 266 g/mol. The van der Waals surface area contributed by atoms with E-state index in [9.17, 15) is 9.59 Å². The third kappa shape index (κ3) is 2.49. The Morgan fingerprint density at radius 2 is 2.11 bits per heavy atom. The number of halogens is 1. The fourth-order valence-electron chi connectivity index (χ4n) is 2.14. The maximum absolute atomic E-state index is 12.0. The molecule has 0 atom stereocenters. The van der Waals surface area contributed by atoms with Crippen LogP contribution in [-0.2, 0) is 11.2 Å². The van der Waals surface area contributed by atoms with Gasteiger partial charge in [0.15, 0.2) is 0 Å². The molecular formula is C14H14ClNO3. The third-order valence-corrected chi connectivity index (χ3v) is 3.22. The van der Waals surface area contributed by atoms with Gasteiger partial charge in [0.2, 0.25) is 0 Å². The number of pyridine rings is 1. The van der Waals surface area contributed by atoms with Gasteiger partial charge in [-0.1, -0.05) is 24.9 Å². The van der Waals surface area contributed by atoms with Crippen LogP contribution in [-0.4, -0.2) is 18.1 Å². The van der Waals surface area contributed by atoms with Crippen molar-refractivity contribution in [2.24, 2.45) is 0 Å². The lowest BCUT2D eigenvalue weighted by Crippen LogP contribution is -2.18. The summed E-state index contributed by atoms with van der Waals surface area (Å²) in [5, 5.41) is 1.77. The summed E-state index contributed by atoms with van der Waals surface area (Å²) in [6, 6.07) is 5.03. The normalized spacial score (nSPS) is 10.7. The fraction of sp³-hybridized carbons (Fsp3) is 0.286. The Kier molecular flexibility index (Phi) is 3.90. The highest BCUT2D eigenvalue weighted by Gasteiger charge is 2.17. The van der Waals surface area contributed by atoms with Crippen LogP contribution in [0.2, 0.25) is 5.02 Å². The van der Waals surface area contributed by atoms with E-state index in [2.05, 4.69) is 4.98 Å². The number of nitrogens with one attached hydrogen (secondary N) is 1. The number of aromatic amines is 1. The van der Waals surface area contributed by atoms with Gasteiger partial charge in [0.25, 0.3) is 5.56 Å². The van der Waals surface area contributed by atoms with Gasteiger partial charge < -0.3 is 9.72 Å². The van der Waals surface area contributed by atoms with Crippen LogP contribution in [0.3, 0.4) is 0 Å². The predicted octanol–water partition coefficient (Wildman–Crippen LogP) is 2.92. The van der Waals surface area contributed by atoms with Gasteiger partial charge in [0.1, 0.15) is 5.69 Å². The second kappa shape index (κ2) is 5.45. The number of methoxy groups -OCH3 is 1. The maximum Gasteiger partial charge on any atom is 0.354 e. The molecule has 1 heterocycles. The standard InChI is InChI=1S/C14H14ClNO3/c1-3-4-9-11-7-8(15)5-6-10(11)13(17)16-12(9)14(18)19-2/h5-7H,3-4H2,1-2H3,(H,16,17). The van der Waals surface area contributed by atoms with Crippen molar-refractivity contribution in [2.45, 2.75) is 19.8 Å². The average molecular weight is 280 g/mol. The minimum atomic E-state index is -0.539. The summed E-state index contributed by atoms with van der Waals surface area (Å²) in [4.78, 5) is 26.3. The number of hydrogen-bond donors (Lipinski definition) is 1. The minimum Gasteiger partial charge on any atom is -0.464 e. The Labute approximate surface area is 115 Å². The van der Waals surface area contributed by atoms with E-state index in [1.165, 1.54) is 7.11 Å². The monoisotopic (exact) mass is 279 g/mol.